The molecule has 0 fully saturated rings. The molecule has 1 rings (SSSR count). The molecule has 1 atom stereocenters. The van der Waals surface area contributed by atoms with Crippen molar-refractivity contribution in [2.45, 2.75) is 17.4 Å². The minimum Gasteiger partial charge on any atom is -0.393 e. The number of aliphatic hydroxyl groups excluding tert-OH is 1. The highest BCUT2D eigenvalue weighted by molar-refractivity contribution is 7.91. The number of sulfone groups is 1. The van der Waals surface area contributed by atoms with Gasteiger partial charge in [-0.05, 0) is 31.2 Å². The van der Waals surface area contributed by atoms with Gasteiger partial charge in [0.1, 0.15) is 5.82 Å². The summed E-state index contributed by atoms with van der Waals surface area (Å²) in [5.41, 5.74) is -1.70. The standard InChI is InChI=1S/C10H13FO4S/c1-10(13,6-12)7-16(14,15)9-4-2-8(11)3-5-9/h2-5,12-13H,6-7H2,1H3. The van der Waals surface area contributed by atoms with E-state index in [0.29, 0.717) is 0 Å². The van der Waals surface area contributed by atoms with E-state index >= 15 is 0 Å². The third kappa shape index (κ3) is 3.26. The van der Waals surface area contributed by atoms with Gasteiger partial charge in [-0.3, -0.25) is 0 Å². The average molecular weight is 248 g/mol. The van der Waals surface area contributed by atoms with Gasteiger partial charge >= 0.3 is 0 Å². The first-order valence-corrected chi connectivity index (χ1v) is 6.24. The highest BCUT2D eigenvalue weighted by Gasteiger charge is 2.28. The Bertz CT molecular complexity index is 450. The Morgan fingerprint density at radius 1 is 1.31 bits per heavy atom. The van der Waals surface area contributed by atoms with E-state index in [-0.39, 0.29) is 4.90 Å². The fourth-order valence-electron chi connectivity index (χ4n) is 1.18. The van der Waals surface area contributed by atoms with Gasteiger partial charge in [-0.25, -0.2) is 12.8 Å². The van der Waals surface area contributed by atoms with E-state index in [2.05, 4.69) is 0 Å². The first-order valence-electron chi connectivity index (χ1n) is 4.58. The van der Waals surface area contributed by atoms with Crippen LogP contribution >= 0.6 is 0 Å². The van der Waals surface area contributed by atoms with Crippen molar-refractivity contribution in [3.63, 3.8) is 0 Å². The molecule has 0 amide bonds. The van der Waals surface area contributed by atoms with Gasteiger partial charge in [0.25, 0.3) is 0 Å². The Morgan fingerprint density at radius 3 is 2.25 bits per heavy atom. The lowest BCUT2D eigenvalue weighted by molar-refractivity contribution is 0.0211. The summed E-state index contributed by atoms with van der Waals surface area (Å²) in [5, 5.41) is 18.2. The van der Waals surface area contributed by atoms with Crippen LogP contribution in [0.3, 0.4) is 0 Å². The number of hydrogen-bond acceptors (Lipinski definition) is 4. The second-order valence-corrected chi connectivity index (χ2v) is 5.86. The molecule has 0 aliphatic carbocycles. The summed E-state index contributed by atoms with van der Waals surface area (Å²) in [6.07, 6.45) is 0. The van der Waals surface area contributed by atoms with Gasteiger partial charge in [-0.1, -0.05) is 0 Å². The second kappa shape index (κ2) is 4.48. The van der Waals surface area contributed by atoms with Crippen molar-refractivity contribution in [1.29, 1.82) is 0 Å². The zero-order valence-electron chi connectivity index (χ0n) is 8.72. The van der Waals surface area contributed by atoms with Gasteiger partial charge in [0.15, 0.2) is 9.84 Å². The van der Waals surface area contributed by atoms with E-state index < -0.39 is 33.6 Å². The molecule has 0 saturated carbocycles. The zero-order valence-corrected chi connectivity index (χ0v) is 9.54. The van der Waals surface area contributed by atoms with Crippen LogP contribution < -0.4 is 0 Å². The fraction of sp³-hybridized carbons (Fsp3) is 0.400. The molecule has 6 heteroatoms. The molecule has 4 nitrogen and oxygen atoms in total. The van der Waals surface area contributed by atoms with Crippen molar-refractivity contribution in [3.8, 4) is 0 Å². The van der Waals surface area contributed by atoms with Crippen molar-refractivity contribution in [1.82, 2.24) is 0 Å². The number of rotatable bonds is 4. The maximum atomic E-state index is 12.6. The summed E-state index contributed by atoms with van der Waals surface area (Å²) in [4.78, 5) is -0.0809. The summed E-state index contributed by atoms with van der Waals surface area (Å²) < 4.78 is 36.0. The third-order valence-corrected chi connectivity index (χ3v) is 4.01. The lowest BCUT2D eigenvalue weighted by atomic mass is 10.2. The molecule has 0 aromatic heterocycles. The van der Waals surface area contributed by atoms with E-state index in [0.717, 1.165) is 24.3 Å². The molecule has 90 valence electrons. The van der Waals surface area contributed by atoms with Crippen LogP contribution in [0.4, 0.5) is 4.39 Å². The fourth-order valence-corrected chi connectivity index (χ4v) is 2.81. The van der Waals surface area contributed by atoms with Crippen LogP contribution in [-0.4, -0.2) is 36.6 Å². The normalized spacial score (nSPS) is 15.8. The average Bonchev–Trinajstić information content (AvgIpc) is 2.17. The molecular formula is C10H13FO4S. The molecule has 1 aromatic carbocycles. The van der Waals surface area contributed by atoms with E-state index in [1.165, 1.54) is 6.92 Å². The molecule has 0 bridgehead atoms. The highest BCUT2D eigenvalue weighted by atomic mass is 32.2. The topological polar surface area (TPSA) is 74.6 Å². The third-order valence-electron chi connectivity index (χ3n) is 2.01. The predicted molar refractivity (Wildman–Crippen MR) is 56.2 cm³/mol. The molecule has 2 N–H and O–H groups in total. The van der Waals surface area contributed by atoms with Crippen LogP contribution in [0.1, 0.15) is 6.92 Å². The molecule has 0 aliphatic heterocycles. The number of hydrogen-bond donors (Lipinski definition) is 2. The molecule has 0 heterocycles. The smallest absolute Gasteiger partial charge is 0.181 e. The second-order valence-electron chi connectivity index (χ2n) is 3.87. The summed E-state index contributed by atoms with van der Waals surface area (Å²) in [6, 6.07) is 4.30. The Labute approximate surface area is 93.3 Å². The Balaban J connectivity index is 2.99. The van der Waals surface area contributed by atoms with E-state index in [1.807, 2.05) is 0 Å². The van der Waals surface area contributed by atoms with Crippen molar-refractivity contribution >= 4 is 9.84 Å². The Hall–Kier alpha value is -0.980. The van der Waals surface area contributed by atoms with Crippen molar-refractivity contribution in [2.24, 2.45) is 0 Å². The Kier molecular flexibility index (Phi) is 3.67. The first kappa shape index (κ1) is 13.1. The maximum absolute atomic E-state index is 12.6. The van der Waals surface area contributed by atoms with Crippen molar-refractivity contribution < 1.29 is 23.0 Å². The minimum atomic E-state index is -3.72. The van der Waals surface area contributed by atoms with Gasteiger partial charge in [0, 0.05) is 0 Å². The number of benzene rings is 1. The molecular weight excluding hydrogens is 235 g/mol. The van der Waals surface area contributed by atoms with Crippen LogP contribution in [0.5, 0.6) is 0 Å². The van der Waals surface area contributed by atoms with Gasteiger partial charge < -0.3 is 10.2 Å². The number of halogens is 1. The summed E-state index contributed by atoms with van der Waals surface area (Å²) in [7, 11) is -3.72. The zero-order chi connectivity index (χ0) is 12.4. The van der Waals surface area contributed by atoms with Crippen LogP contribution in [0.25, 0.3) is 0 Å². The molecule has 0 spiro atoms. The van der Waals surface area contributed by atoms with Crippen LogP contribution in [0, 0.1) is 5.82 Å². The van der Waals surface area contributed by atoms with Crippen LogP contribution in [0.2, 0.25) is 0 Å². The minimum absolute atomic E-state index is 0.0809. The van der Waals surface area contributed by atoms with Gasteiger partial charge in [-0.15, -0.1) is 0 Å². The molecule has 0 aliphatic rings. The van der Waals surface area contributed by atoms with E-state index in [4.69, 9.17) is 5.11 Å². The molecule has 0 saturated heterocycles. The summed E-state index contributed by atoms with van der Waals surface area (Å²) in [6.45, 7) is 0.557. The largest absolute Gasteiger partial charge is 0.393 e. The van der Waals surface area contributed by atoms with Crippen molar-refractivity contribution in [3.05, 3.63) is 30.1 Å². The van der Waals surface area contributed by atoms with Gasteiger partial charge in [0.05, 0.1) is 22.9 Å². The van der Waals surface area contributed by atoms with Crippen LogP contribution in [-0.2, 0) is 9.84 Å². The van der Waals surface area contributed by atoms with E-state index in [1.54, 1.807) is 0 Å². The monoisotopic (exact) mass is 248 g/mol. The lowest BCUT2D eigenvalue weighted by Gasteiger charge is -2.19. The van der Waals surface area contributed by atoms with Gasteiger partial charge in [-0.2, -0.15) is 0 Å². The lowest BCUT2D eigenvalue weighted by Crippen LogP contribution is -2.37. The quantitative estimate of drug-likeness (QED) is 0.754. The predicted octanol–water partition coefficient (Wildman–Crippen LogP) is 0.343. The molecule has 16 heavy (non-hydrogen) atoms. The molecule has 1 aromatic rings. The summed E-state index contributed by atoms with van der Waals surface area (Å²) >= 11 is 0. The Morgan fingerprint density at radius 2 is 1.81 bits per heavy atom. The molecule has 1 unspecified atom stereocenters. The first-order chi connectivity index (χ1) is 7.27. The summed E-state index contributed by atoms with van der Waals surface area (Å²) in [5.74, 6) is -1.14. The highest BCUT2D eigenvalue weighted by Crippen LogP contribution is 2.16. The molecule has 0 radical (unpaired) electrons. The van der Waals surface area contributed by atoms with Crippen LogP contribution in [0.15, 0.2) is 29.2 Å². The van der Waals surface area contributed by atoms with Gasteiger partial charge in [0.2, 0.25) is 0 Å². The number of aliphatic hydroxyl groups is 2. The maximum Gasteiger partial charge on any atom is 0.181 e. The van der Waals surface area contributed by atoms with E-state index in [9.17, 15) is 17.9 Å². The SMILES string of the molecule is CC(O)(CO)CS(=O)(=O)c1ccc(F)cc1. The van der Waals surface area contributed by atoms with Crippen molar-refractivity contribution in [2.75, 3.05) is 12.4 Å².